The fourth-order valence-electron chi connectivity index (χ4n) is 0.777. The van der Waals surface area contributed by atoms with E-state index in [1.54, 1.807) is 14.0 Å². The number of hydrogen-bond donors (Lipinski definition) is 0. The summed E-state index contributed by atoms with van der Waals surface area (Å²) < 4.78 is 6.00. The highest BCUT2D eigenvalue weighted by Crippen LogP contribution is 2.17. The van der Waals surface area contributed by atoms with E-state index in [1.165, 1.54) is 3.96 Å². The Hall–Kier alpha value is -0.810. The molecule has 0 fully saturated rings. The molecular formula is C7H8ClNO3S. The first-order valence-corrected chi connectivity index (χ1v) is 4.76. The van der Waals surface area contributed by atoms with E-state index in [4.69, 9.17) is 16.3 Å². The minimum absolute atomic E-state index is 0.0639. The quantitative estimate of drug-likeness (QED) is 0.707. The van der Waals surface area contributed by atoms with Crippen molar-refractivity contribution in [2.24, 2.45) is 7.05 Å². The normalized spacial score (nSPS) is 10.1. The van der Waals surface area contributed by atoms with Crippen LogP contribution in [0.5, 0.6) is 0 Å². The molecule has 1 aromatic heterocycles. The molecule has 13 heavy (non-hydrogen) atoms. The molecule has 0 bridgehead atoms. The van der Waals surface area contributed by atoms with E-state index < -0.39 is 5.97 Å². The lowest BCUT2D eigenvalue weighted by Crippen LogP contribution is -2.09. The lowest BCUT2D eigenvalue weighted by Gasteiger charge is -1.96. The summed E-state index contributed by atoms with van der Waals surface area (Å²) in [5.74, 6) is -0.546. The molecule has 0 aliphatic rings. The Morgan fingerprint density at radius 2 is 2.31 bits per heavy atom. The molecule has 0 aliphatic carbocycles. The predicted octanol–water partition coefficient (Wildman–Crippen LogP) is 1.28. The van der Waals surface area contributed by atoms with Crippen molar-refractivity contribution in [3.8, 4) is 0 Å². The third-order valence-electron chi connectivity index (χ3n) is 1.36. The number of carbonyl (C=O) groups excluding carboxylic acids is 1. The number of aromatic nitrogens is 1. The highest BCUT2D eigenvalue weighted by atomic mass is 35.5. The van der Waals surface area contributed by atoms with E-state index in [1.807, 2.05) is 0 Å². The summed E-state index contributed by atoms with van der Waals surface area (Å²) in [6, 6.07) is 0. The zero-order valence-corrected chi connectivity index (χ0v) is 8.74. The van der Waals surface area contributed by atoms with Crippen LogP contribution in [0.2, 0.25) is 5.02 Å². The Balaban J connectivity index is 3.09. The predicted molar refractivity (Wildman–Crippen MR) is 50.5 cm³/mol. The van der Waals surface area contributed by atoms with E-state index in [9.17, 15) is 9.59 Å². The maximum atomic E-state index is 11.2. The standard InChI is InChI=1S/C7H8ClNO3S/c1-3-12-7(11)5-4(8)6(10)9(2)13-5/h3H2,1-2H3. The molecule has 0 atom stereocenters. The Bertz CT molecular complexity index is 382. The smallest absolute Gasteiger partial charge is 0.351 e. The van der Waals surface area contributed by atoms with Crippen molar-refractivity contribution in [1.82, 2.24) is 3.96 Å². The summed E-state index contributed by atoms with van der Waals surface area (Å²) in [7, 11) is 1.54. The maximum Gasteiger partial charge on any atom is 0.351 e. The molecule has 0 N–H and O–H groups in total. The molecule has 1 rings (SSSR count). The summed E-state index contributed by atoms with van der Waals surface area (Å²) >= 11 is 6.61. The van der Waals surface area contributed by atoms with E-state index in [0.717, 1.165) is 11.5 Å². The first-order chi connectivity index (χ1) is 6.07. The minimum Gasteiger partial charge on any atom is -0.462 e. The number of halogens is 1. The van der Waals surface area contributed by atoms with Crippen molar-refractivity contribution in [1.29, 1.82) is 0 Å². The van der Waals surface area contributed by atoms with E-state index in [-0.39, 0.29) is 22.1 Å². The molecule has 0 aliphatic heterocycles. The van der Waals surface area contributed by atoms with Gasteiger partial charge in [-0.1, -0.05) is 11.6 Å². The fourth-order valence-corrected chi connectivity index (χ4v) is 1.88. The average Bonchev–Trinajstić information content (AvgIpc) is 2.33. The van der Waals surface area contributed by atoms with Crippen LogP contribution in [-0.2, 0) is 11.8 Å². The van der Waals surface area contributed by atoms with Gasteiger partial charge in [-0.15, -0.1) is 0 Å². The number of carbonyl (C=O) groups is 1. The Kier molecular flexibility index (Phi) is 3.11. The fraction of sp³-hybridized carbons (Fsp3) is 0.429. The third kappa shape index (κ3) is 1.92. The summed E-state index contributed by atoms with van der Waals surface area (Å²) in [5, 5.41) is -0.0639. The summed E-state index contributed by atoms with van der Waals surface area (Å²) in [5.41, 5.74) is -0.366. The molecule has 72 valence electrons. The van der Waals surface area contributed by atoms with Crippen LogP contribution in [0.4, 0.5) is 0 Å². The number of esters is 1. The lowest BCUT2D eigenvalue weighted by atomic mass is 10.5. The highest BCUT2D eigenvalue weighted by Gasteiger charge is 2.18. The van der Waals surface area contributed by atoms with Crippen LogP contribution in [-0.4, -0.2) is 16.5 Å². The van der Waals surface area contributed by atoms with E-state index in [0.29, 0.717) is 0 Å². The Morgan fingerprint density at radius 3 is 2.69 bits per heavy atom. The van der Waals surface area contributed by atoms with Gasteiger partial charge in [-0.25, -0.2) is 4.79 Å². The molecule has 1 aromatic rings. The topological polar surface area (TPSA) is 48.3 Å². The second kappa shape index (κ2) is 3.93. The molecular weight excluding hydrogens is 214 g/mol. The van der Waals surface area contributed by atoms with Crippen LogP contribution in [0.25, 0.3) is 0 Å². The van der Waals surface area contributed by atoms with Crippen molar-refractivity contribution in [3.05, 3.63) is 20.3 Å². The second-order valence-electron chi connectivity index (χ2n) is 2.26. The van der Waals surface area contributed by atoms with Crippen LogP contribution >= 0.6 is 23.1 Å². The van der Waals surface area contributed by atoms with Gasteiger partial charge in [0.15, 0.2) is 4.88 Å². The zero-order chi connectivity index (χ0) is 10.0. The van der Waals surface area contributed by atoms with Crippen molar-refractivity contribution in [3.63, 3.8) is 0 Å². The molecule has 0 radical (unpaired) electrons. The van der Waals surface area contributed by atoms with Crippen molar-refractivity contribution < 1.29 is 9.53 Å². The van der Waals surface area contributed by atoms with E-state index in [2.05, 4.69) is 0 Å². The van der Waals surface area contributed by atoms with Gasteiger partial charge in [0.1, 0.15) is 5.02 Å². The SMILES string of the molecule is CCOC(=O)c1sn(C)c(=O)c1Cl. The number of ether oxygens (including phenoxy) is 1. The van der Waals surface area contributed by atoms with Gasteiger partial charge in [0.2, 0.25) is 0 Å². The van der Waals surface area contributed by atoms with Crippen LogP contribution in [0.1, 0.15) is 16.6 Å². The molecule has 0 saturated carbocycles. The van der Waals surface area contributed by atoms with Gasteiger partial charge >= 0.3 is 5.97 Å². The van der Waals surface area contributed by atoms with Crippen LogP contribution in [0, 0.1) is 0 Å². The van der Waals surface area contributed by atoms with Crippen LogP contribution in [0.3, 0.4) is 0 Å². The second-order valence-corrected chi connectivity index (χ2v) is 3.77. The van der Waals surface area contributed by atoms with E-state index >= 15 is 0 Å². The molecule has 0 aromatic carbocycles. The molecule has 0 amide bonds. The minimum atomic E-state index is -0.546. The molecule has 1 heterocycles. The summed E-state index contributed by atoms with van der Waals surface area (Å²) in [6.07, 6.45) is 0. The number of hydrogen-bond acceptors (Lipinski definition) is 4. The lowest BCUT2D eigenvalue weighted by molar-refractivity contribution is 0.0532. The van der Waals surface area contributed by atoms with Gasteiger partial charge in [-0.2, -0.15) is 0 Å². The first kappa shape index (κ1) is 10.3. The Morgan fingerprint density at radius 1 is 1.69 bits per heavy atom. The highest BCUT2D eigenvalue weighted by molar-refractivity contribution is 7.09. The van der Waals surface area contributed by atoms with Crippen molar-refractivity contribution >= 4 is 29.1 Å². The maximum absolute atomic E-state index is 11.2. The van der Waals surface area contributed by atoms with Gasteiger partial charge < -0.3 is 4.74 Å². The first-order valence-electron chi connectivity index (χ1n) is 3.60. The number of nitrogens with zero attached hydrogens (tertiary/aromatic N) is 1. The van der Waals surface area contributed by atoms with Gasteiger partial charge in [0.05, 0.1) is 6.61 Å². The number of rotatable bonds is 2. The van der Waals surface area contributed by atoms with Gasteiger partial charge in [0.25, 0.3) is 5.56 Å². The molecule has 6 heteroatoms. The van der Waals surface area contributed by atoms with Crippen molar-refractivity contribution in [2.75, 3.05) is 6.61 Å². The van der Waals surface area contributed by atoms with Crippen LogP contribution < -0.4 is 5.56 Å². The zero-order valence-electron chi connectivity index (χ0n) is 7.17. The van der Waals surface area contributed by atoms with Gasteiger partial charge in [0, 0.05) is 7.05 Å². The molecule has 0 saturated heterocycles. The largest absolute Gasteiger partial charge is 0.462 e. The molecule has 4 nitrogen and oxygen atoms in total. The summed E-state index contributed by atoms with van der Waals surface area (Å²) in [4.78, 5) is 22.5. The van der Waals surface area contributed by atoms with Gasteiger partial charge in [-0.3, -0.25) is 8.75 Å². The summed E-state index contributed by atoms with van der Waals surface area (Å²) in [6.45, 7) is 1.96. The van der Waals surface area contributed by atoms with Crippen LogP contribution in [0.15, 0.2) is 4.79 Å². The van der Waals surface area contributed by atoms with Gasteiger partial charge in [-0.05, 0) is 18.5 Å². The monoisotopic (exact) mass is 221 g/mol. The molecule has 0 spiro atoms. The number of aryl methyl sites for hydroxylation is 1. The van der Waals surface area contributed by atoms with Crippen molar-refractivity contribution in [2.45, 2.75) is 6.92 Å². The Labute approximate surface area is 83.8 Å². The molecule has 0 unspecified atom stereocenters. The average molecular weight is 222 g/mol. The third-order valence-corrected chi connectivity index (χ3v) is 2.82.